The summed E-state index contributed by atoms with van der Waals surface area (Å²) in [6, 6.07) is 5.36. The Morgan fingerprint density at radius 2 is 2.05 bits per heavy atom. The van der Waals surface area contributed by atoms with Gasteiger partial charge in [0.25, 0.3) is 5.91 Å². The van der Waals surface area contributed by atoms with Crippen LogP contribution in [0.5, 0.6) is 5.88 Å². The Kier molecular flexibility index (Phi) is 3.97. The van der Waals surface area contributed by atoms with Gasteiger partial charge in [-0.05, 0) is 39.8 Å². The van der Waals surface area contributed by atoms with Crippen molar-refractivity contribution in [2.45, 2.75) is 33.2 Å². The molecule has 0 spiro atoms. The molecular formula is C15H20N4O2. The lowest BCUT2D eigenvalue weighted by molar-refractivity contribution is 0.0914. The molecule has 21 heavy (non-hydrogen) atoms. The van der Waals surface area contributed by atoms with Gasteiger partial charge < -0.3 is 10.1 Å². The minimum atomic E-state index is -0.295. The Morgan fingerprint density at radius 3 is 2.57 bits per heavy atom. The normalized spacial score (nSPS) is 11.3. The van der Waals surface area contributed by atoms with Crippen LogP contribution < -0.4 is 10.1 Å². The molecule has 0 fully saturated rings. The third kappa shape index (κ3) is 3.59. The van der Waals surface area contributed by atoms with E-state index in [1.165, 1.54) is 0 Å². The number of aryl methyl sites for hydroxylation is 1. The van der Waals surface area contributed by atoms with Crippen LogP contribution in [0.25, 0.3) is 5.69 Å². The number of rotatable bonds is 3. The monoisotopic (exact) mass is 288 g/mol. The molecule has 0 aliphatic carbocycles. The average Bonchev–Trinajstić information content (AvgIpc) is 2.79. The minimum absolute atomic E-state index is 0.189. The SMILES string of the molecule is COc1ccc(-n2nc(C(=O)NC(C)(C)C)cc2C)cn1. The van der Waals surface area contributed by atoms with Crippen LogP contribution in [0.2, 0.25) is 0 Å². The second-order valence-electron chi connectivity index (χ2n) is 5.85. The van der Waals surface area contributed by atoms with Crippen molar-refractivity contribution in [1.82, 2.24) is 20.1 Å². The number of methoxy groups -OCH3 is 1. The van der Waals surface area contributed by atoms with Crippen LogP contribution in [0.4, 0.5) is 0 Å². The molecule has 2 heterocycles. The Labute approximate surface area is 124 Å². The van der Waals surface area contributed by atoms with E-state index in [1.54, 1.807) is 30.1 Å². The van der Waals surface area contributed by atoms with Crippen LogP contribution in [0.1, 0.15) is 37.0 Å². The van der Waals surface area contributed by atoms with E-state index >= 15 is 0 Å². The third-order valence-electron chi connectivity index (χ3n) is 2.78. The molecule has 2 aromatic rings. The van der Waals surface area contributed by atoms with Crippen LogP contribution >= 0.6 is 0 Å². The molecule has 112 valence electrons. The second-order valence-corrected chi connectivity index (χ2v) is 5.85. The van der Waals surface area contributed by atoms with Crippen molar-refractivity contribution in [3.8, 4) is 11.6 Å². The summed E-state index contributed by atoms with van der Waals surface area (Å²) in [5.41, 5.74) is 1.73. The van der Waals surface area contributed by atoms with Gasteiger partial charge in [-0.25, -0.2) is 9.67 Å². The fraction of sp³-hybridized carbons (Fsp3) is 0.400. The Bertz CT molecular complexity index is 639. The zero-order chi connectivity index (χ0) is 15.6. The molecule has 0 aliphatic rings. The molecule has 6 heteroatoms. The summed E-state index contributed by atoms with van der Waals surface area (Å²) in [5.74, 6) is 0.347. The van der Waals surface area contributed by atoms with Gasteiger partial charge in [0.2, 0.25) is 5.88 Å². The standard InChI is InChI=1S/C15H20N4O2/c1-10-8-12(14(20)17-15(2,3)4)18-19(10)11-6-7-13(21-5)16-9-11/h6-9H,1-5H3,(H,17,20). The maximum absolute atomic E-state index is 12.1. The van der Waals surface area contributed by atoms with E-state index in [-0.39, 0.29) is 11.4 Å². The highest BCUT2D eigenvalue weighted by Crippen LogP contribution is 2.14. The van der Waals surface area contributed by atoms with Crippen molar-refractivity contribution in [1.29, 1.82) is 0 Å². The van der Waals surface area contributed by atoms with E-state index in [0.717, 1.165) is 11.4 Å². The Balaban J connectivity index is 2.28. The van der Waals surface area contributed by atoms with Crippen molar-refractivity contribution < 1.29 is 9.53 Å². The van der Waals surface area contributed by atoms with E-state index in [4.69, 9.17) is 4.74 Å². The van der Waals surface area contributed by atoms with Crippen LogP contribution in [0.15, 0.2) is 24.4 Å². The Morgan fingerprint density at radius 1 is 1.33 bits per heavy atom. The van der Waals surface area contributed by atoms with E-state index < -0.39 is 0 Å². The quantitative estimate of drug-likeness (QED) is 0.939. The lowest BCUT2D eigenvalue weighted by atomic mass is 10.1. The maximum Gasteiger partial charge on any atom is 0.272 e. The average molecular weight is 288 g/mol. The van der Waals surface area contributed by atoms with Crippen molar-refractivity contribution in [2.24, 2.45) is 0 Å². The number of nitrogens with zero attached hydrogens (tertiary/aromatic N) is 3. The predicted octanol–water partition coefficient (Wildman–Crippen LogP) is 2.11. The first kappa shape index (κ1) is 15.0. The lowest BCUT2D eigenvalue weighted by Gasteiger charge is -2.19. The van der Waals surface area contributed by atoms with E-state index in [9.17, 15) is 4.79 Å². The van der Waals surface area contributed by atoms with Crippen molar-refractivity contribution in [3.05, 3.63) is 35.8 Å². The smallest absolute Gasteiger partial charge is 0.272 e. The van der Waals surface area contributed by atoms with Crippen LogP contribution in [0.3, 0.4) is 0 Å². The fourth-order valence-electron chi connectivity index (χ4n) is 1.87. The summed E-state index contributed by atoms with van der Waals surface area (Å²) in [5, 5.41) is 7.24. The molecule has 2 rings (SSSR count). The van der Waals surface area contributed by atoms with Gasteiger partial charge in [-0.2, -0.15) is 5.10 Å². The first-order valence-electron chi connectivity index (χ1n) is 6.70. The molecule has 1 amide bonds. The van der Waals surface area contributed by atoms with Gasteiger partial charge >= 0.3 is 0 Å². The molecule has 0 unspecified atom stereocenters. The van der Waals surface area contributed by atoms with Crippen LogP contribution in [-0.2, 0) is 0 Å². The number of pyridine rings is 1. The first-order chi connectivity index (χ1) is 9.80. The molecule has 0 aliphatic heterocycles. The molecule has 0 saturated heterocycles. The molecule has 0 bridgehead atoms. The largest absolute Gasteiger partial charge is 0.481 e. The van der Waals surface area contributed by atoms with E-state index in [1.807, 2.05) is 33.8 Å². The zero-order valence-corrected chi connectivity index (χ0v) is 13.0. The summed E-state index contributed by atoms with van der Waals surface area (Å²) in [6.45, 7) is 7.69. The number of hydrogen-bond donors (Lipinski definition) is 1. The number of nitrogens with one attached hydrogen (secondary N) is 1. The number of carbonyl (C=O) groups excluding carboxylic acids is 1. The van der Waals surface area contributed by atoms with E-state index in [2.05, 4.69) is 15.4 Å². The number of amides is 1. The number of carbonyl (C=O) groups is 1. The van der Waals surface area contributed by atoms with Crippen molar-refractivity contribution in [2.75, 3.05) is 7.11 Å². The summed E-state index contributed by atoms with van der Waals surface area (Å²) < 4.78 is 6.71. The minimum Gasteiger partial charge on any atom is -0.481 e. The van der Waals surface area contributed by atoms with Gasteiger partial charge in [0.1, 0.15) is 0 Å². The molecule has 0 radical (unpaired) electrons. The van der Waals surface area contributed by atoms with Gasteiger partial charge in [-0.15, -0.1) is 0 Å². The summed E-state index contributed by atoms with van der Waals surface area (Å²) >= 11 is 0. The first-order valence-corrected chi connectivity index (χ1v) is 6.70. The molecule has 1 N–H and O–H groups in total. The van der Waals surface area contributed by atoms with Gasteiger partial charge in [-0.1, -0.05) is 0 Å². The van der Waals surface area contributed by atoms with Crippen molar-refractivity contribution in [3.63, 3.8) is 0 Å². The highest BCUT2D eigenvalue weighted by atomic mass is 16.5. The fourth-order valence-corrected chi connectivity index (χ4v) is 1.87. The number of hydrogen-bond acceptors (Lipinski definition) is 4. The van der Waals surface area contributed by atoms with Crippen LogP contribution in [0, 0.1) is 6.92 Å². The molecule has 6 nitrogen and oxygen atoms in total. The summed E-state index contributed by atoms with van der Waals surface area (Å²) in [7, 11) is 1.57. The van der Waals surface area contributed by atoms with Gasteiger partial charge in [0.15, 0.2) is 5.69 Å². The van der Waals surface area contributed by atoms with E-state index in [0.29, 0.717) is 11.6 Å². The van der Waals surface area contributed by atoms with Gasteiger partial charge in [0, 0.05) is 17.3 Å². The number of aromatic nitrogens is 3. The summed E-state index contributed by atoms with van der Waals surface area (Å²) in [4.78, 5) is 16.3. The maximum atomic E-state index is 12.1. The third-order valence-corrected chi connectivity index (χ3v) is 2.78. The second kappa shape index (κ2) is 5.55. The summed E-state index contributed by atoms with van der Waals surface area (Å²) in [6.07, 6.45) is 1.66. The lowest BCUT2D eigenvalue weighted by Crippen LogP contribution is -2.40. The molecular weight excluding hydrogens is 268 g/mol. The van der Waals surface area contributed by atoms with Gasteiger partial charge in [-0.3, -0.25) is 4.79 Å². The molecule has 2 aromatic heterocycles. The highest BCUT2D eigenvalue weighted by molar-refractivity contribution is 5.92. The number of ether oxygens (including phenoxy) is 1. The molecule has 0 aromatic carbocycles. The van der Waals surface area contributed by atoms with Gasteiger partial charge in [0.05, 0.1) is 19.0 Å². The predicted molar refractivity (Wildman–Crippen MR) is 79.9 cm³/mol. The topological polar surface area (TPSA) is 69.0 Å². The molecule has 0 saturated carbocycles. The molecule has 0 atom stereocenters. The van der Waals surface area contributed by atoms with Crippen molar-refractivity contribution >= 4 is 5.91 Å². The Hall–Kier alpha value is -2.37. The van der Waals surface area contributed by atoms with Crippen LogP contribution in [-0.4, -0.2) is 33.3 Å². The highest BCUT2D eigenvalue weighted by Gasteiger charge is 2.18. The zero-order valence-electron chi connectivity index (χ0n) is 13.0.